The first-order valence-electron chi connectivity index (χ1n) is 11.1. The van der Waals surface area contributed by atoms with E-state index in [1.807, 2.05) is 54.3 Å². The molecule has 0 saturated carbocycles. The van der Waals surface area contributed by atoms with Crippen molar-refractivity contribution in [1.29, 1.82) is 0 Å². The van der Waals surface area contributed by atoms with E-state index < -0.39 is 0 Å². The first-order chi connectivity index (χ1) is 16.0. The average Bonchev–Trinajstić information content (AvgIpc) is 2.85. The van der Waals surface area contributed by atoms with Gasteiger partial charge in [0.2, 0.25) is 11.3 Å². The summed E-state index contributed by atoms with van der Waals surface area (Å²) < 4.78 is 7.36. The molecule has 0 bridgehead atoms. The van der Waals surface area contributed by atoms with Gasteiger partial charge in [-0.2, -0.15) is 0 Å². The van der Waals surface area contributed by atoms with Crippen molar-refractivity contribution in [2.24, 2.45) is 0 Å². The van der Waals surface area contributed by atoms with Gasteiger partial charge in [0.1, 0.15) is 13.2 Å². The van der Waals surface area contributed by atoms with Gasteiger partial charge in [0, 0.05) is 43.6 Å². The number of amides is 1. The summed E-state index contributed by atoms with van der Waals surface area (Å²) in [5.74, 6) is 0.111. The summed E-state index contributed by atoms with van der Waals surface area (Å²) in [6.45, 7) is 4.75. The fraction of sp³-hybridized carbons (Fsp3) is 0.308. The van der Waals surface area contributed by atoms with Crippen LogP contribution in [0.5, 0.6) is 5.75 Å². The maximum Gasteiger partial charge on any atom is 0.242 e. The van der Waals surface area contributed by atoms with Gasteiger partial charge in [-0.15, -0.1) is 0 Å². The van der Waals surface area contributed by atoms with Crippen LogP contribution >= 0.6 is 0 Å². The van der Waals surface area contributed by atoms with Crippen LogP contribution in [-0.2, 0) is 24.6 Å². The number of carbonyl (C=O) groups is 1. The predicted molar refractivity (Wildman–Crippen MR) is 127 cm³/mol. The zero-order valence-corrected chi connectivity index (χ0v) is 18.8. The second-order valence-corrected chi connectivity index (χ2v) is 8.26. The van der Waals surface area contributed by atoms with E-state index >= 15 is 0 Å². The second kappa shape index (κ2) is 10.4. The molecular weight excluding hydrogens is 418 g/mol. The summed E-state index contributed by atoms with van der Waals surface area (Å²) in [4.78, 5) is 29.5. The summed E-state index contributed by atoms with van der Waals surface area (Å²) in [5, 5.41) is 9.72. The van der Waals surface area contributed by atoms with Crippen LogP contribution in [0.25, 0.3) is 0 Å². The molecule has 2 heterocycles. The van der Waals surface area contributed by atoms with Gasteiger partial charge in [-0.1, -0.05) is 48.0 Å². The molecule has 7 heteroatoms. The van der Waals surface area contributed by atoms with Crippen molar-refractivity contribution in [1.82, 2.24) is 9.47 Å². The smallest absolute Gasteiger partial charge is 0.242 e. The SMILES string of the molecule is Cc1ccc(COc2cn(CC(=O)N3CCN(c4ccccc4)CC3)c(CO)cc2=O)cc1. The first-order valence-corrected chi connectivity index (χ1v) is 11.1. The number of para-hydroxylation sites is 1. The summed E-state index contributed by atoms with van der Waals surface area (Å²) in [6, 6.07) is 19.4. The first kappa shape index (κ1) is 22.6. The van der Waals surface area contributed by atoms with Crippen molar-refractivity contribution >= 4 is 11.6 Å². The quantitative estimate of drug-likeness (QED) is 0.603. The number of carbonyl (C=O) groups excluding carboxylic acids is 1. The van der Waals surface area contributed by atoms with Gasteiger partial charge in [0.25, 0.3) is 0 Å². The van der Waals surface area contributed by atoms with Crippen LogP contribution in [-0.4, -0.2) is 46.7 Å². The fourth-order valence-electron chi connectivity index (χ4n) is 3.93. The maximum absolute atomic E-state index is 13.0. The van der Waals surface area contributed by atoms with Crippen molar-refractivity contribution in [3.05, 3.63) is 93.9 Å². The van der Waals surface area contributed by atoms with Gasteiger partial charge in [-0.25, -0.2) is 0 Å². The summed E-state index contributed by atoms with van der Waals surface area (Å²) in [6.07, 6.45) is 1.53. The van der Waals surface area contributed by atoms with Gasteiger partial charge in [-0.3, -0.25) is 9.59 Å². The number of hydrogen-bond donors (Lipinski definition) is 1. The number of benzene rings is 2. The van der Waals surface area contributed by atoms with E-state index in [1.54, 1.807) is 4.57 Å². The number of hydrogen-bond acceptors (Lipinski definition) is 5. The van der Waals surface area contributed by atoms with Gasteiger partial charge in [-0.05, 0) is 24.6 Å². The molecule has 172 valence electrons. The molecule has 1 amide bonds. The Morgan fingerprint density at radius 3 is 2.36 bits per heavy atom. The van der Waals surface area contributed by atoms with Gasteiger partial charge < -0.3 is 24.2 Å². The van der Waals surface area contributed by atoms with E-state index in [-0.39, 0.29) is 36.8 Å². The van der Waals surface area contributed by atoms with Gasteiger partial charge in [0.15, 0.2) is 5.75 Å². The van der Waals surface area contributed by atoms with Crippen molar-refractivity contribution in [3.63, 3.8) is 0 Å². The number of piperazine rings is 1. The van der Waals surface area contributed by atoms with E-state index in [0.717, 1.165) is 29.9 Å². The maximum atomic E-state index is 13.0. The molecule has 33 heavy (non-hydrogen) atoms. The zero-order valence-electron chi connectivity index (χ0n) is 18.8. The van der Waals surface area contributed by atoms with Crippen LogP contribution in [0.2, 0.25) is 0 Å². The number of aromatic nitrogens is 1. The van der Waals surface area contributed by atoms with Crippen LogP contribution in [0.4, 0.5) is 5.69 Å². The Bertz CT molecular complexity index is 1130. The summed E-state index contributed by atoms with van der Waals surface area (Å²) in [7, 11) is 0. The monoisotopic (exact) mass is 447 g/mol. The Kier molecular flexibility index (Phi) is 7.10. The summed E-state index contributed by atoms with van der Waals surface area (Å²) >= 11 is 0. The molecule has 1 aliphatic rings. The van der Waals surface area contributed by atoms with Crippen molar-refractivity contribution < 1.29 is 14.6 Å². The number of aliphatic hydroxyl groups excluding tert-OH is 1. The highest BCUT2D eigenvalue weighted by Crippen LogP contribution is 2.16. The third-order valence-electron chi connectivity index (χ3n) is 5.92. The Labute approximate surface area is 193 Å². The molecular formula is C26H29N3O4. The Balaban J connectivity index is 1.41. The predicted octanol–water partition coefficient (Wildman–Crippen LogP) is 2.58. The zero-order chi connectivity index (χ0) is 23.2. The Hall–Kier alpha value is -3.58. The number of rotatable bonds is 7. The fourth-order valence-corrected chi connectivity index (χ4v) is 3.93. The van der Waals surface area contributed by atoms with Crippen molar-refractivity contribution in [2.45, 2.75) is 26.7 Å². The van der Waals surface area contributed by atoms with Crippen LogP contribution < -0.4 is 15.1 Å². The Morgan fingerprint density at radius 1 is 1.00 bits per heavy atom. The van der Waals surface area contributed by atoms with Crippen LogP contribution in [0.1, 0.15) is 16.8 Å². The minimum absolute atomic E-state index is 0.0440. The summed E-state index contributed by atoms with van der Waals surface area (Å²) in [5.41, 5.74) is 3.33. The number of aryl methyl sites for hydroxylation is 1. The van der Waals surface area contributed by atoms with E-state index in [1.165, 1.54) is 12.3 Å². The van der Waals surface area contributed by atoms with Crippen molar-refractivity contribution in [2.75, 3.05) is 31.1 Å². The van der Waals surface area contributed by atoms with Crippen LogP contribution in [0.15, 0.2) is 71.7 Å². The number of nitrogens with zero attached hydrogens (tertiary/aromatic N) is 3. The number of ether oxygens (including phenoxy) is 1. The minimum atomic E-state index is -0.331. The van der Waals surface area contributed by atoms with E-state index in [9.17, 15) is 14.7 Å². The lowest BCUT2D eigenvalue weighted by molar-refractivity contribution is -0.132. The molecule has 0 aliphatic carbocycles. The lowest BCUT2D eigenvalue weighted by Gasteiger charge is -2.36. The molecule has 0 atom stereocenters. The standard InChI is InChI=1S/C26H29N3O4/c1-20-7-9-21(10-8-20)19-33-25-16-29(23(18-30)15-24(25)31)17-26(32)28-13-11-27(12-14-28)22-5-3-2-4-6-22/h2-10,15-16,30H,11-14,17-19H2,1H3. The van der Waals surface area contributed by atoms with E-state index in [0.29, 0.717) is 18.8 Å². The normalized spacial score (nSPS) is 13.8. The van der Waals surface area contributed by atoms with Crippen molar-refractivity contribution in [3.8, 4) is 5.75 Å². The van der Waals surface area contributed by atoms with Crippen LogP contribution in [0, 0.1) is 6.92 Å². The molecule has 1 N–H and O–H groups in total. The molecule has 4 rings (SSSR count). The number of anilines is 1. The molecule has 1 saturated heterocycles. The lowest BCUT2D eigenvalue weighted by atomic mass is 10.2. The number of pyridine rings is 1. The lowest BCUT2D eigenvalue weighted by Crippen LogP contribution is -2.49. The highest BCUT2D eigenvalue weighted by molar-refractivity contribution is 5.76. The highest BCUT2D eigenvalue weighted by Gasteiger charge is 2.22. The Morgan fingerprint density at radius 2 is 1.70 bits per heavy atom. The van der Waals surface area contributed by atoms with Gasteiger partial charge in [0.05, 0.1) is 12.8 Å². The van der Waals surface area contributed by atoms with Crippen LogP contribution in [0.3, 0.4) is 0 Å². The minimum Gasteiger partial charge on any atom is -0.483 e. The van der Waals surface area contributed by atoms with E-state index in [2.05, 4.69) is 17.0 Å². The molecule has 1 aliphatic heterocycles. The highest BCUT2D eigenvalue weighted by atomic mass is 16.5. The molecule has 0 radical (unpaired) electrons. The second-order valence-electron chi connectivity index (χ2n) is 8.26. The molecule has 7 nitrogen and oxygen atoms in total. The average molecular weight is 448 g/mol. The number of aliphatic hydroxyl groups is 1. The molecule has 1 aromatic heterocycles. The molecule has 0 unspecified atom stereocenters. The third kappa shape index (κ3) is 5.62. The molecule has 3 aromatic rings. The molecule has 1 fully saturated rings. The van der Waals surface area contributed by atoms with E-state index in [4.69, 9.17) is 4.74 Å². The third-order valence-corrected chi connectivity index (χ3v) is 5.92. The largest absolute Gasteiger partial charge is 0.483 e. The molecule has 0 spiro atoms. The topological polar surface area (TPSA) is 75.0 Å². The van der Waals surface area contributed by atoms with Gasteiger partial charge >= 0.3 is 0 Å². The molecule has 2 aromatic carbocycles.